The second kappa shape index (κ2) is 5.72. The van der Waals surface area contributed by atoms with Gasteiger partial charge < -0.3 is 11.1 Å². The Kier molecular flexibility index (Phi) is 4.22. The lowest BCUT2D eigenvalue weighted by Crippen LogP contribution is -2.35. The number of nitrogens with one attached hydrogen (secondary N) is 1. The molecule has 1 amide bonds. The predicted molar refractivity (Wildman–Crippen MR) is 78.0 cm³/mol. The molecule has 4 heteroatoms. The number of nitrogens with zero attached hydrogens (tertiary/aromatic N) is 1. The fraction of sp³-hybridized carbons (Fsp3) is 0.533. The van der Waals surface area contributed by atoms with Crippen molar-refractivity contribution in [3.05, 3.63) is 29.8 Å². The van der Waals surface area contributed by atoms with Gasteiger partial charge in [-0.15, -0.1) is 0 Å². The van der Waals surface area contributed by atoms with Crippen LogP contribution in [0.1, 0.15) is 18.9 Å². The summed E-state index contributed by atoms with van der Waals surface area (Å²) in [4.78, 5) is 14.2. The number of rotatable bonds is 4. The number of amides is 1. The number of carbonyl (C=O) groups is 1. The molecule has 0 saturated carbocycles. The first kappa shape index (κ1) is 14.0. The van der Waals surface area contributed by atoms with Gasteiger partial charge in [0.1, 0.15) is 0 Å². The highest BCUT2D eigenvalue weighted by Gasteiger charge is 2.32. The van der Waals surface area contributed by atoms with Crippen molar-refractivity contribution in [1.29, 1.82) is 0 Å². The Morgan fingerprint density at radius 2 is 2.32 bits per heavy atom. The average molecular weight is 261 g/mol. The maximum atomic E-state index is 12.0. The van der Waals surface area contributed by atoms with Gasteiger partial charge >= 0.3 is 0 Å². The van der Waals surface area contributed by atoms with Crippen molar-refractivity contribution in [2.45, 2.75) is 20.3 Å². The summed E-state index contributed by atoms with van der Waals surface area (Å²) in [6.07, 6.45) is 1.07. The van der Waals surface area contributed by atoms with Crippen molar-refractivity contribution in [2.24, 2.45) is 11.1 Å². The van der Waals surface area contributed by atoms with Gasteiger partial charge in [0.05, 0.1) is 6.54 Å². The van der Waals surface area contributed by atoms with E-state index in [9.17, 15) is 4.79 Å². The Bertz CT molecular complexity index is 460. The summed E-state index contributed by atoms with van der Waals surface area (Å²) in [6.45, 7) is 7.19. The molecule has 104 valence electrons. The second-order valence-electron chi connectivity index (χ2n) is 5.89. The smallest absolute Gasteiger partial charge is 0.238 e. The predicted octanol–water partition coefficient (Wildman–Crippen LogP) is 1.60. The van der Waals surface area contributed by atoms with Gasteiger partial charge in [-0.3, -0.25) is 9.69 Å². The van der Waals surface area contributed by atoms with Crippen LogP contribution in [0.4, 0.5) is 5.69 Å². The largest absolute Gasteiger partial charge is 0.330 e. The van der Waals surface area contributed by atoms with Gasteiger partial charge in [-0.25, -0.2) is 0 Å². The van der Waals surface area contributed by atoms with E-state index in [-0.39, 0.29) is 11.3 Å². The van der Waals surface area contributed by atoms with Crippen molar-refractivity contribution in [3.8, 4) is 0 Å². The van der Waals surface area contributed by atoms with Crippen molar-refractivity contribution in [1.82, 2.24) is 4.90 Å². The van der Waals surface area contributed by atoms with Crippen LogP contribution in [0.2, 0.25) is 0 Å². The van der Waals surface area contributed by atoms with E-state index in [1.807, 2.05) is 31.2 Å². The molecule has 1 saturated heterocycles. The van der Waals surface area contributed by atoms with Crippen molar-refractivity contribution < 1.29 is 4.79 Å². The van der Waals surface area contributed by atoms with E-state index in [1.54, 1.807) is 0 Å². The number of anilines is 1. The van der Waals surface area contributed by atoms with Gasteiger partial charge in [-0.2, -0.15) is 0 Å². The second-order valence-corrected chi connectivity index (χ2v) is 5.89. The molecule has 1 aliphatic rings. The van der Waals surface area contributed by atoms with E-state index in [1.165, 1.54) is 0 Å². The number of hydrogen-bond donors (Lipinski definition) is 2. The maximum absolute atomic E-state index is 12.0. The SMILES string of the molecule is Cc1cccc(NC(=O)CN2CCC(C)(CN)C2)c1. The summed E-state index contributed by atoms with van der Waals surface area (Å²) in [5, 5.41) is 2.94. The number of nitrogens with two attached hydrogens (primary N) is 1. The Morgan fingerprint density at radius 1 is 1.53 bits per heavy atom. The maximum Gasteiger partial charge on any atom is 0.238 e. The standard InChI is InChI=1S/C15H23N3O/c1-12-4-3-5-13(8-12)17-14(19)9-18-7-6-15(2,10-16)11-18/h3-5,8H,6-7,9-11,16H2,1-2H3,(H,17,19). The van der Waals surface area contributed by atoms with E-state index in [0.717, 1.165) is 30.8 Å². The monoisotopic (exact) mass is 261 g/mol. The molecule has 0 aromatic heterocycles. The topological polar surface area (TPSA) is 58.4 Å². The van der Waals surface area contributed by atoms with Gasteiger partial charge in [0, 0.05) is 12.2 Å². The van der Waals surface area contributed by atoms with Crippen molar-refractivity contribution in [2.75, 3.05) is 31.5 Å². The van der Waals surface area contributed by atoms with E-state index in [2.05, 4.69) is 17.1 Å². The summed E-state index contributed by atoms with van der Waals surface area (Å²) in [6, 6.07) is 7.86. The molecular formula is C15H23N3O. The molecule has 1 unspecified atom stereocenters. The minimum absolute atomic E-state index is 0.0480. The molecule has 19 heavy (non-hydrogen) atoms. The zero-order valence-electron chi connectivity index (χ0n) is 11.8. The molecule has 1 aromatic carbocycles. The van der Waals surface area contributed by atoms with Crippen LogP contribution in [0.5, 0.6) is 0 Å². The molecule has 1 atom stereocenters. The van der Waals surface area contributed by atoms with Crippen molar-refractivity contribution >= 4 is 11.6 Å². The van der Waals surface area contributed by atoms with Crippen LogP contribution in [0.15, 0.2) is 24.3 Å². The molecule has 1 aliphatic heterocycles. The minimum atomic E-state index is 0.0480. The number of carbonyl (C=O) groups excluding carboxylic acids is 1. The van der Waals surface area contributed by atoms with Gasteiger partial charge in [-0.1, -0.05) is 19.1 Å². The van der Waals surface area contributed by atoms with Crippen LogP contribution in [-0.4, -0.2) is 37.0 Å². The van der Waals surface area contributed by atoms with Crippen LogP contribution in [0.3, 0.4) is 0 Å². The summed E-state index contributed by atoms with van der Waals surface area (Å²) in [7, 11) is 0. The molecule has 0 radical (unpaired) electrons. The molecule has 1 aromatic rings. The average Bonchev–Trinajstić information content (AvgIpc) is 2.71. The van der Waals surface area contributed by atoms with Crippen LogP contribution in [0.25, 0.3) is 0 Å². The van der Waals surface area contributed by atoms with Gasteiger partial charge in [0.2, 0.25) is 5.91 Å². The van der Waals surface area contributed by atoms with Crippen LogP contribution >= 0.6 is 0 Å². The third-order valence-corrected chi connectivity index (χ3v) is 3.80. The Hall–Kier alpha value is -1.39. The zero-order chi connectivity index (χ0) is 13.9. The molecular weight excluding hydrogens is 238 g/mol. The highest BCUT2D eigenvalue weighted by atomic mass is 16.2. The first-order valence-corrected chi connectivity index (χ1v) is 6.80. The molecule has 2 rings (SSSR count). The van der Waals surface area contributed by atoms with Crippen LogP contribution < -0.4 is 11.1 Å². The highest BCUT2D eigenvalue weighted by Crippen LogP contribution is 2.28. The summed E-state index contributed by atoms with van der Waals surface area (Å²) < 4.78 is 0. The summed E-state index contributed by atoms with van der Waals surface area (Å²) in [5.41, 5.74) is 7.96. The quantitative estimate of drug-likeness (QED) is 0.865. The van der Waals surface area contributed by atoms with Gasteiger partial charge in [-0.05, 0) is 49.5 Å². The number of benzene rings is 1. The Balaban J connectivity index is 1.86. The molecule has 1 fully saturated rings. The molecule has 1 heterocycles. The van der Waals surface area contributed by atoms with E-state index in [4.69, 9.17) is 5.73 Å². The fourth-order valence-electron chi connectivity index (χ4n) is 2.55. The van der Waals surface area contributed by atoms with Crippen LogP contribution in [-0.2, 0) is 4.79 Å². The lowest BCUT2D eigenvalue weighted by molar-refractivity contribution is -0.117. The molecule has 3 N–H and O–H groups in total. The Labute approximate surface area is 115 Å². The number of likely N-dealkylation sites (tertiary alicyclic amines) is 1. The highest BCUT2D eigenvalue weighted by molar-refractivity contribution is 5.92. The fourth-order valence-corrected chi connectivity index (χ4v) is 2.55. The third kappa shape index (κ3) is 3.78. The van der Waals surface area contributed by atoms with E-state index in [0.29, 0.717) is 13.1 Å². The lowest BCUT2D eigenvalue weighted by Gasteiger charge is -2.22. The van der Waals surface area contributed by atoms with Gasteiger partial charge in [0.15, 0.2) is 0 Å². The molecule has 0 bridgehead atoms. The third-order valence-electron chi connectivity index (χ3n) is 3.80. The lowest BCUT2D eigenvalue weighted by atomic mass is 9.90. The Morgan fingerprint density at radius 3 is 2.95 bits per heavy atom. The van der Waals surface area contributed by atoms with E-state index < -0.39 is 0 Å². The number of aryl methyl sites for hydroxylation is 1. The molecule has 4 nitrogen and oxygen atoms in total. The van der Waals surface area contributed by atoms with E-state index >= 15 is 0 Å². The molecule has 0 aliphatic carbocycles. The first-order chi connectivity index (χ1) is 9.00. The first-order valence-electron chi connectivity index (χ1n) is 6.80. The minimum Gasteiger partial charge on any atom is -0.330 e. The normalized spacial score (nSPS) is 23.5. The van der Waals surface area contributed by atoms with Gasteiger partial charge in [0.25, 0.3) is 0 Å². The van der Waals surface area contributed by atoms with Crippen LogP contribution in [0, 0.1) is 12.3 Å². The summed E-state index contributed by atoms with van der Waals surface area (Å²) in [5.74, 6) is 0.0480. The number of hydrogen-bond acceptors (Lipinski definition) is 3. The zero-order valence-corrected chi connectivity index (χ0v) is 11.8. The molecule has 0 spiro atoms. The summed E-state index contributed by atoms with van der Waals surface area (Å²) >= 11 is 0. The van der Waals surface area contributed by atoms with Crippen molar-refractivity contribution in [3.63, 3.8) is 0 Å².